The highest BCUT2D eigenvalue weighted by molar-refractivity contribution is 7.96. The van der Waals surface area contributed by atoms with Crippen molar-refractivity contribution in [2.45, 2.75) is 19.8 Å². The zero-order chi connectivity index (χ0) is 7.98. The first-order chi connectivity index (χ1) is 4.66. The van der Waals surface area contributed by atoms with Crippen LogP contribution in [0.2, 0.25) is 0 Å². The van der Waals surface area contributed by atoms with E-state index in [0.717, 1.165) is 13.0 Å². The van der Waals surface area contributed by atoms with Gasteiger partial charge in [-0.2, -0.15) is 0 Å². The molecule has 0 aromatic carbocycles. The Morgan fingerprint density at radius 1 is 1.60 bits per heavy atom. The van der Waals surface area contributed by atoms with E-state index in [1.54, 1.807) is 0 Å². The van der Waals surface area contributed by atoms with Gasteiger partial charge in [-0.1, -0.05) is 13.3 Å². The summed E-state index contributed by atoms with van der Waals surface area (Å²) < 4.78 is 0. The van der Waals surface area contributed by atoms with Crippen molar-refractivity contribution >= 4 is 17.7 Å². The topological polar surface area (TPSA) is 20.3 Å². The first kappa shape index (κ1) is 9.98. The molecule has 0 N–H and O–H groups in total. The van der Waals surface area contributed by atoms with Crippen LogP contribution in [0.4, 0.5) is 0 Å². The Labute approximate surface area is 68.0 Å². The largest absolute Gasteiger partial charge is 0.298 e. The molecule has 0 bridgehead atoms. The molecule has 0 aromatic rings. The molecule has 0 saturated carbocycles. The first-order valence-corrected chi connectivity index (χ1v) is 4.02. The van der Waals surface area contributed by atoms with Crippen LogP contribution < -0.4 is 0 Å². The summed E-state index contributed by atoms with van der Waals surface area (Å²) in [7, 11) is 1.93. The monoisotopic (exact) mass is 161 g/mol. The lowest BCUT2D eigenvalue weighted by Gasteiger charge is -2.12. The fourth-order valence-electron chi connectivity index (χ4n) is 0.738. The highest BCUT2D eigenvalue weighted by Crippen LogP contribution is 1.92. The number of hydrogen-bond acceptors (Lipinski definition) is 2. The third-order valence-corrected chi connectivity index (χ3v) is 1.44. The molecule has 2 nitrogen and oxygen atoms in total. The van der Waals surface area contributed by atoms with Crippen LogP contribution in [0.15, 0.2) is 0 Å². The van der Waals surface area contributed by atoms with Gasteiger partial charge in [0.1, 0.15) is 0 Å². The number of nitrogens with zero attached hydrogens (tertiary/aromatic N) is 1. The number of carbonyl (C=O) groups is 1. The van der Waals surface area contributed by atoms with E-state index in [-0.39, 0.29) is 5.12 Å². The molecule has 3 heteroatoms. The van der Waals surface area contributed by atoms with E-state index in [1.165, 1.54) is 6.42 Å². The maximum Gasteiger partial charge on any atom is 0.199 e. The number of thiol groups is 1. The Kier molecular flexibility index (Phi) is 5.73. The summed E-state index contributed by atoms with van der Waals surface area (Å²) in [5.41, 5.74) is 0. The minimum atomic E-state index is -0.0568. The Morgan fingerprint density at radius 3 is 2.60 bits per heavy atom. The molecule has 10 heavy (non-hydrogen) atoms. The fraction of sp³-hybridized carbons (Fsp3) is 0.857. The second-order valence-corrected chi connectivity index (χ2v) is 2.98. The highest BCUT2D eigenvalue weighted by atomic mass is 32.1. The van der Waals surface area contributed by atoms with Crippen LogP contribution in [0.3, 0.4) is 0 Å². The summed E-state index contributed by atoms with van der Waals surface area (Å²) in [5, 5.41) is -0.0568. The second-order valence-electron chi connectivity index (χ2n) is 2.49. The highest BCUT2D eigenvalue weighted by Gasteiger charge is 1.99. The van der Waals surface area contributed by atoms with Crippen LogP contribution in [0.25, 0.3) is 0 Å². The minimum absolute atomic E-state index is 0.0568. The SMILES string of the molecule is CCCCN(C)CC(=O)S. The second kappa shape index (κ2) is 5.74. The number of hydrogen-bond donors (Lipinski definition) is 1. The van der Waals surface area contributed by atoms with Crippen molar-refractivity contribution in [3.05, 3.63) is 0 Å². The van der Waals surface area contributed by atoms with E-state index in [4.69, 9.17) is 0 Å². The van der Waals surface area contributed by atoms with Crippen LogP contribution in [-0.4, -0.2) is 30.2 Å². The van der Waals surface area contributed by atoms with Crippen LogP contribution in [0.1, 0.15) is 19.8 Å². The minimum Gasteiger partial charge on any atom is -0.298 e. The summed E-state index contributed by atoms with van der Waals surface area (Å²) >= 11 is 3.68. The predicted molar refractivity (Wildman–Crippen MR) is 46.4 cm³/mol. The molecule has 0 aromatic heterocycles. The molecule has 0 radical (unpaired) electrons. The van der Waals surface area contributed by atoms with E-state index < -0.39 is 0 Å². The van der Waals surface area contributed by atoms with Crippen LogP contribution >= 0.6 is 12.6 Å². The van der Waals surface area contributed by atoms with Gasteiger partial charge in [-0.25, -0.2) is 0 Å². The Bertz CT molecular complexity index is 106. The van der Waals surface area contributed by atoms with Crippen molar-refractivity contribution in [1.82, 2.24) is 4.90 Å². The van der Waals surface area contributed by atoms with Gasteiger partial charge in [-0.3, -0.25) is 9.69 Å². The normalized spacial score (nSPS) is 10.4. The molecule has 0 saturated heterocycles. The zero-order valence-electron chi connectivity index (χ0n) is 6.63. The van der Waals surface area contributed by atoms with Crippen LogP contribution in [-0.2, 0) is 4.79 Å². The summed E-state index contributed by atoms with van der Waals surface area (Å²) in [6, 6.07) is 0. The van der Waals surface area contributed by atoms with Gasteiger partial charge in [0.2, 0.25) is 0 Å². The summed E-state index contributed by atoms with van der Waals surface area (Å²) in [6.45, 7) is 3.59. The van der Waals surface area contributed by atoms with Gasteiger partial charge in [0.15, 0.2) is 5.12 Å². The van der Waals surface area contributed by atoms with Gasteiger partial charge in [0.25, 0.3) is 0 Å². The molecular formula is C7H15NOS. The van der Waals surface area contributed by atoms with Crippen molar-refractivity contribution in [3.8, 4) is 0 Å². The number of rotatable bonds is 5. The smallest absolute Gasteiger partial charge is 0.199 e. The molecule has 0 atom stereocenters. The van der Waals surface area contributed by atoms with E-state index in [1.807, 2.05) is 11.9 Å². The molecule has 0 aliphatic rings. The third-order valence-electron chi connectivity index (χ3n) is 1.30. The summed E-state index contributed by atoms with van der Waals surface area (Å²) in [5.74, 6) is 0. The first-order valence-electron chi connectivity index (χ1n) is 3.57. The van der Waals surface area contributed by atoms with Gasteiger partial charge in [-0.05, 0) is 20.0 Å². The number of unbranched alkanes of at least 4 members (excludes halogenated alkanes) is 1. The van der Waals surface area contributed by atoms with E-state index in [0.29, 0.717) is 6.54 Å². The third kappa shape index (κ3) is 6.11. The van der Waals surface area contributed by atoms with E-state index in [9.17, 15) is 4.79 Å². The molecule has 0 aliphatic carbocycles. The van der Waals surface area contributed by atoms with E-state index in [2.05, 4.69) is 19.6 Å². The molecule has 0 fully saturated rings. The van der Waals surface area contributed by atoms with Gasteiger partial charge in [0, 0.05) is 0 Å². The maximum absolute atomic E-state index is 10.4. The van der Waals surface area contributed by atoms with Gasteiger partial charge in [-0.15, -0.1) is 12.6 Å². The predicted octanol–water partition coefficient (Wildman–Crippen LogP) is 1.17. The molecule has 0 heterocycles. The quantitative estimate of drug-likeness (QED) is 0.611. The lowest BCUT2D eigenvalue weighted by Crippen LogP contribution is -2.24. The molecule has 0 unspecified atom stereocenters. The molecule has 0 amide bonds. The maximum atomic E-state index is 10.4. The lowest BCUT2D eigenvalue weighted by molar-refractivity contribution is -0.111. The lowest BCUT2D eigenvalue weighted by atomic mass is 10.3. The average Bonchev–Trinajstić information content (AvgIpc) is 1.82. The Morgan fingerprint density at radius 2 is 2.20 bits per heavy atom. The van der Waals surface area contributed by atoms with Crippen molar-refractivity contribution < 1.29 is 4.79 Å². The van der Waals surface area contributed by atoms with Crippen molar-refractivity contribution in [2.24, 2.45) is 0 Å². The zero-order valence-corrected chi connectivity index (χ0v) is 7.53. The fourth-order valence-corrected chi connectivity index (χ4v) is 0.979. The summed E-state index contributed by atoms with van der Waals surface area (Å²) in [4.78, 5) is 12.4. The van der Waals surface area contributed by atoms with Crippen molar-refractivity contribution in [1.29, 1.82) is 0 Å². The van der Waals surface area contributed by atoms with Crippen molar-refractivity contribution in [3.63, 3.8) is 0 Å². The molecule has 0 aliphatic heterocycles. The standard InChI is InChI=1S/C7H15NOS/c1-3-4-5-8(2)6-7(9)10/h3-6H2,1-2H3,(H,9,10). The number of likely N-dealkylation sites (N-methyl/N-ethyl adjacent to an activating group) is 1. The Balaban J connectivity index is 3.25. The van der Waals surface area contributed by atoms with Crippen LogP contribution in [0, 0.1) is 0 Å². The average molecular weight is 161 g/mol. The van der Waals surface area contributed by atoms with Gasteiger partial charge in [0.05, 0.1) is 6.54 Å². The van der Waals surface area contributed by atoms with Crippen LogP contribution in [0.5, 0.6) is 0 Å². The summed E-state index contributed by atoms with van der Waals surface area (Å²) in [6.07, 6.45) is 2.32. The Hall–Kier alpha value is -0.0200. The van der Waals surface area contributed by atoms with Crippen molar-refractivity contribution in [2.75, 3.05) is 20.1 Å². The molecular weight excluding hydrogens is 146 g/mol. The van der Waals surface area contributed by atoms with Gasteiger partial charge >= 0.3 is 0 Å². The molecule has 60 valence electrons. The van der Waals surface area contributed by atoms with E-state index >= 15 is 0 Å². The molecule has 0 spiro atoms. The molecule has 0 rings (SSSR count). The van der Waals surface area contributed by atoms with Gasteiger partial charge < -0.3 is 0 Å². The number of carbonyl (C=O) groups excluding carboxylic acids is 1.